The monoisotopic (exact) mass is 410 g/mol. The zero-order valence-corrected chi connectivity index (χ0v) is 19.1. The fraction of sp³-hybridized carbons (Fsp3) is 0.682. The van der Waals surface area contributed by atoms with Crippen LogP contribution in [0.4, 0.5) is 0 Å². The van der Waals surface area contributed by atoms with Crippen LogP contribution in [-0.2, 0) is 43.1 Å². The third-order valence-electron chi connectivity index (χ3n) is 5.23. The van der Waals surface area contributed by atoms with Crippen molar-refractivity contribution in [3.63, 3.8) is 0 Å². The molecule has 1 atom stereocenters. The van der Waals surface area contributed by atoms with Crippen molar-refractivity contribution < 1.29 is 23.1 Å². The molecule has 0 heterocycles. The molecule has 0 radical (unpaired) electrons. The fourth-order valence-electron chi connectivity index (χ4n) is 3.80. The van der Waals surface area contributed by atoms with E-state index in [1.807, 2.05) is 0 Å². The third kappa shape index (κ3) is 5.46. The second-order valence-electron chi connectivity index (χ2n) is 8.36. The van der Waals surface area contributed by atoms with Gasteiger partial charge in [-0.1, -0.05) is 33.8 Å². The van der Waals surface area contributed by atoms with Crippen LogP contribution in [0.2, 0.25) is 0 Å². The van der Waals surface area contributed by atoms with Crippen molar-refractivity contribution >= 4 is 13.4 Å². The molecule has 6 heteroatoms. The molecule has 0 spiro atoms. The minimum Gasteiger partial charge on any atom is -0.496 e. The van der Waals surface area contributed by atoms with E-state index in [1.165, 1.54) is 11.1 Å². The first-order valence-electron chi connectivity index (χ1n) is 10.3. The molecule has 1 aromatic carbocycles. The molecular formula is C22H35O5P. The van der Waals surface area contributed by atoms with Gasteiger partial charge < -0.3 is 13.8 Å². The molecule has 5 nitrogen and oxygen atoms in total. The van der Waals surface area contributed by atoms with Crippen LogP contribution in [-0.4, -0.2) is 32.3 Å². The predicted octanol–water partition coefficient (Wildman–Crippen LogP) is 5.25. The van der Waals surface area contributed by atoms with Crippen molar-refractivity contribution in [1.29, 1.82) is 0 Å². The van der Waals surface area contributed by atoms with Gasteiger partial charge in [0.15, 0.2) is 5.78 Å². The van der Waals surface area contributed by atoms with Crippen LogP contribution in [0.3, 0.4) is 0 Å². The van der Waals surface area contributed by atoms with Crippen molar-refractivity contribution in [3.8, 4) is 5.75 Å². The van der Waals surface area contributed by atoms with E-state index in [2.05, 4.69) is 26.8 Å². The molecule has 1 aliphatic carbocycles. The van der Waals surface area contributed by atoms with Crippen molar-refractivity contribution in [2.24, 2.45) is 0 Å². The maximum Gasteiger partial charge on any atom is 0.330 e. The highest BCUT2D eigenvalue weighted by molar-refractivity contribution is 7.53. The van der Waals surface area contributed by atoms with E-state index < -0.39 is 7.60 Å². The zero-order chi connectivity index (χ0) is 20.9. The Morgan fingerprint density at radius 3 is 2.29 bits per heavy atom. The Hall–Kier alpha value is -1.16. The Bertz CT molecular complexity index is 748. The molecule has 1 aliphatic rings. The molecule has 0 saturated heterocycles. The smallest absolute Gasteiger partial charge is 0.330 e. The predicted molar refractivity (Wildman–Crippen MR) is 113 cm³/mol. The number of hydrogen-bond acceptors (Lipinski definition) is 5. The van der Waals surface area contributed by atoms with Crippen LogP contribution in [0.15, 0.2) is 6.07 Å². The van der Waals surface area contributed by atoms with Gasteiger partial charge in [-0.15, -0.1) is 0 Å². The Kier molecular flexibility index (Phi) is 7.89. The van der Waals surface area contributed by atoms with Crippen molar-refractivity contribution in [2.75, 3.05) is 26.5 Å². The SMILES string of the molecule is CCOP(=O)(CC)OCC(=O)Cc1cc(C(C)(C)C)c(OC)c2c1CCCC2. The van der Waals surface area contributed by atoms with Gasteiger partial charge in [-0.2, -0.15) is 0 Å². The quantitative estimate of drug-likeness (QED) is 0.521. The Morgan fingerprint density at radius 1 is 1.11 bits per heavy atom. The first-order chi connectivity index (χ1) is 13.1. The van der Waals surface area contributed by atoms with Crippen LogP contribution in [0.5, 0.6) is 5.75 Å². The van der Waals surface area contributed by atoms with Crippen LogP contribution < -0.4 is 4.74 Å². The number of benzene rings is 1. The van der Waals surface area contributed by atoms with Crippen LogP contribution in [0.25, 0.3) is 0 Å². The molecule has 0 fully saturated rings. The number of ether oxygens (including phenoxy) is 1. The molecule has 28 heavy (non-hydrogen) atoms. The average molecular weight is 410 g/mol. The van der Waals surface area contributed by atoms with Crippen molar-refractivity contribution in [1.82, 2.24) is 0 Å². The second kappa shape index (κ2) is 9.56. The number of carbonyl (C=O) groups is 1. The molecule has 0 N–H and O–H groups in total. The highest BCUT2D eigenvalue weighted by Crippen LogP contribution is 2.47. The number of Topliss-reactive ketones (excluding diaryl/α,β-unsaturated/α-hetero) is 1. The van der Waals surface area contributed by atoms with E-state index >= 15 is 0 Å². The molecule has 0 bridgehead atoms. The molecule has 0 aromatic heterocycles. The van der Waals surface area contributed by atoms with E-state index in [0.717, 1.165) is 42.6 Å². The van der Waals surface area contributed by atoms with Gasteiger partial charge in [0.2, 0.25) is 0 Å². The van der Waals surface area contributed by atoms with Crippen LogP contribution in [0.1, 0.15) is 69.7 Å². The summed E-state index contributed by atoms with van der Waals surface area (Å²) >= 11 is 0. The molecule has 2 rings (SSSR count). The molecule has 0 aliphatic heterocycles. The maximum atomic E-state index is 12.6. The van der Waals surface area contributed by atoms with Gasteiger partial charge >= 0.3 is 7.60 Å². The first-order valence-corrected chi connectivity index (χ1v) is 12.0. The summed E-state index contributed by atoms with van der Waals surface area (Å²) in [6.45, 7) is 10.1. The maximum absolute atomic E-state index is 12.6. The lowest BCUT2D eigenvalue weighted by Gasteiger charge is -2.29. The van der Waals surface area contributed by atoms with Gasteiger partial charge in [-0.25, -0.2) is 0 Å². The Balaban J connectivity index is 2.30. The molecule has 0 saturated carbocycles. The summed E-state index contributed by atoms with van der Waals surface area (Å²) in [6, 6.07) is 2.13. The normalized spacial score (nSPS) is 16.4. The van der Waals surface area contributed by atoms with Crippen molar-refractivity contribution in [3.05, 3.63) is 28.3 Å². The van der Waals surface area contributed by atoms with Gasteiger partial charge in [-0.05, 0) is 54.7 Å². The number of carbonyl (C=O) groups excluding carboxylic acids is 1. The zero-order valence-electron chi connectivity index (χ0n) is 18.2. The summed E-state index contributed by atoms with van der Waals surface area (Å²) < 4.78 is 28.9. The highest BCUT2D eigenvalue weighted by atomic mass is 31.2. The van der Waals surface area contributed by atoms with E-state index in [0.29, 0.717) is 6.61 Å². The highest BCUT2D eigenvalue weighted by Gasteiger charge is 2.28. The second-order valence-corrected chi connectivity index (χ2v) is 10.7. The first kappa shape index (κ1) is 23.1. The number of methoxy groups -OCH3 is 1. The molecule has 1 unspecified atom stereocenters. The van der Waals surface area contributed by atoms with E-state index in [4.69, 9.17) is 13.8 Å². The van der Waals surface area contributed by atoms with Crippen LogP contribution in [0, 0.1) is 0 Å². The number of ketones is 1. The minimum absolute atomic E-state index is 0.0776. The fourth-order valence-corrected chi connectivity index (χ4v) is 4.97. The summed E-state index contributed by atoms with van der Waals surface area (Å²) in [6.07, 6.45) is 4.76. The summed E-state index contributed by atoms with van der Waals surface area (Å²) in [4.78, 5) is 12.6. The molecule has 0 amide bonds. The third-order valence-corrected chi connectivity index (χ3v) is 7.18. The van der Waals surface area contributed by atoms with Gasteiger partial charge in [0.05, 0.1) is 13.7 Å². The molecule has 158 valence electrons. The van der Waals surface area contributed by atoms with Gasteiger partial charge in [0.1, 0.15) is 12.4 Å². The van der Waals surface area contributed by atoms with Gasteiger partial charge in [0, 0.05) is 18.1 Å². The lowest BCUT2D eigenvalue weighted by Crippen LogP contribution is -2.20. The van der Waals surface area contributed by atoms with E-state index in [-0.39, 0.29) is 30.4 Å². The van der Waals surface area contributed by atoms with E-state index in [9.17, 15) is 9.36 Å². The average Bonchev–Trinajstić information content (AvgIpc) is 2.65. The Morgan fingerprint density at radius 2 is 1.75 bits per heavy atom. The molecular weight excluding hydrogens is 375 g/mol. The summed E-state index contributed by atoms with van der Waals surface area (Å²) in [5.74, 6) is 0.896. The lowest BCUT2D eigenvalue weighted by molar-refractivity contribution is -0.120. The van der Waals surface area contributed by atoms with Crippen molar-refractivity contribution in [2.45, 2.75) is 72.1 Å². The Labute approximate surface area is 169 Å². The van der Waals surface area contributed by atoms with Crippen LogP contribution >= 0.6 is 7.60 Å². The summed E-state index contributed by atoms with van der Waals surface area (Å²) in [5.41, 5.74) is 4.59. The van der Waals surface area contributed by atoms with E-state index in [1.54, 1.807) is 21.0 Å². The summed E-state index contributed by atoms with van der Waals surface area (Å²) in [7, 11) is -1.44. The van der Waals surface area contributed by atoms with Gasteiger partial charge in [0.25, 0.3) is 0 Å². The number of rotatable bonds is 9. The lowest BCUT2D eigenvalue weighted by atomic mass is 9.78. The number of fused-ring (bicyclic) bond motifs is 1. The summed E-state index contributed by atoms with van der Waals surface area (Å²) in [5, 5.41) is 0. The standard InChI is InChI=1S/C22H35O5P/c1-7-26-28(24,8-2)27-15-17(23)13-16-14-20(22(3,4)5)21(25-6)19-12-10-9-11-18(16)19/h14H,7-13,15H2,1-6H3. The molecule has 1 aromatic rings. The minimum atomic E-state index is -3.17. The topological polar surface area (TPSA) is 61.8 Å². The largest absolute Gasteiger partial charge is 0.496 e. The van der Waals surface area contributed by atoms with Gasteiger partial charge in [-0.3, -0.25) is 9.36 Å². The number of hydrogen-bond donors (Lipinski definition) is 0.